The van der Waals surface area contributed by atoms with Gasteiger partial charge in [0.25, 0.3) is 5.91 Å². The molecule has 23 heavy (non-hydrogen) atoms. The standard InChI is InChI=1S/C17H19N3O2S/c18-15(21)10-13-8-4-5-9-20(13)17(22)14-11-23-16(19-14)12-6-2-1-3-7-12/h1-3,6-7,11,13H,4-5,8-10H2,(H2,18,21)/t13-/m0/s1. The van der Waals surface area contributed by atoms with Crippen LogP contribution in [0.5, 0.6) is 0 Å². The van der Waals surface area contributed by atoms with Gasteiger partial charge in [-0.05, 0) is 19.3 Å². The van der Waals surface area contributed by atoms with Crippen LogP contribution in [0.25, 0.3) is 10.6 Å². The molecule has 0 unspecified atom stereocenters. The number of thiazole rings is 1. The highest BCUT2D eigenvalue weighted by molar-refractivity contribution is 7.13. The van der Waals surface area contributed by atoms with Crippen molar-refractivity contribution >= 4 is 23.2 Å². The number of aromatic nitrogens is 1. The van der Waals surface area contributed by atoms with Crippen molar-refractivity contribution in [2.24, 2.45) is 5.73 Å². The summed E-state index contributed by atoms with van der Waals surface area (Å²) in [6.45, 7) is 0.662. The van der Waals surface area contributed by atoms with Gasteiger partial charge < -0.3 is 10.6 Å². The number of primary amides is 1. The third-order valence-electron chi connectivity index (χ3n) is 4.07. The largest absolute Gasteiger partial charge is 0.370 e. The van der Waals surface area contributed by atoms with E-state index in [1.54, 1.807) is 10.3 Å². The monoisotopic (exact) mass is 329 g/mol. The molecule has 0 aliphatic carbocycles. The molecule has 120 valence electrons. The van der Waals surface area contributed by atoms with Crippen LogP contribution in [0, 0.1) is 0 Å². The third-order valence-corrected chi connectivity index (χ3v) is 4.96. The number of rotatable bonds is 4. The van der Waals surface area contributed by atoms with Crippen LogP contribution in [0.4, 0.5) is 0 Å². The zero-order chi connectivity index (χ0) is 16.2. The predicted octanol–water partition coefficient (Wildman–Crippen LogP) is 2.68. The van der Waals surface area contributed by atoms with E-state index in [9.17, 15) is 9.59 Å². The Balaban J connectivity index is 1.79. The summed E-state index contributed by atoms with van der Waals surface area (Å²) in [6.07, 6.45) is 3.02. The van der Waals surface area contributed by atoms with Crippen molar-refractivity contribution in [3.8, 4) is 10.6 Å². The van der Waals surface area contributed by atoms with Gasteiger partial charge in [0.05, 0.1) is 0 Å². The molecule has 1 aromatic heterocycles. The van der Waals surface area contributed by atoms with Crippen LogP contribution in [-0.4, -0.2) is 34.3 Å². The number of hydrogen-bond donors (Lipinski definition) is 1. The minimum Gasteiger partial charge on any atom is -0.370 e. The SMILES string of the molecule is NC(=O)C[C@@H]1CCCCN1C(=O)c1csc(-c2ccccc2)n1. The number of amides is 2. The molecule has 0 spiro atoms. The molecule has 2 amide bonds. The molecule has 6 heteroatoms. The highest BCUT2D eigenvalue weighted by atomic mass is 32.1. The summed E-state index contributed by atoms with van der Waals surface area (Å²) >= 11 is 1.46. The van der Waals surface area contributed by atoms with Gasteiger partial charge >= 0.3 is 0 Å². The van der Waals surface area contributed by atoms with Gasteiger partial charge in [-0.2, -0.15) is 0 Å². The van der Waals surface area contributed by atoms with Gasteiger partial charge in [0.2, 0.25) is 5.91 Å². The summed E-state index contributed by atoms with van der Waals surface area (Å²) in [7, 11) is 0. The van der Waals surface area contributed by atoms with Gasteiger partial charge in [-0.15, -0.1) is 11.3 Å². The Morgan fingerprint density at radius 1 is 1.26 bits per heavy atom. The number of likely N-dealkylation sites (tertiary alicyclic amines) is 1. The summed E-state index contributed by atoms with van der Waals surface area (Å²) in [5, 5.41) is 2.62. The van der Waals surface area contributed by atoms with Gasteiger partial charge in [-0.25, -0.2) is 4.98 Å². The van der Waals surface area contributed by atoms with E-state index in [0.717, 1.165) is 29.8 Å². The van der Waals surface area contributed by atoms with Gasteiger partial charge in [0, 0.05) is 30.0 Å². The molecule has 1 aliphatic rings. The molecule has 3 rings (SSSR count). The Bertz CT molecular complexity index is 699. The highest BCUT2D eigenvalue weighted by Gasteiger charge is 2.29. The van der Waals surface area contributed by atoms with E-state index in [0.29, 0.717) is 12.2 Å². The minimum absolute atomic E-state index is 0.101. The Kier molecular flexibility index (Phi) is 4.71. The highest BCUT2D eigenvalue weighted by Crippen LogP contribution is 2.26. The lowest BCUT2D eigenvalue weighted by Crippen LogP contribution is -2.45. The van der Waals surface area contributed by atoms with Crippen LogP contribution in [0.1, 0.15) is 36.2 Å². The Morgan fingerprint density at radius 3 is 2.78 bits per heavy atom. The average molecular weight is 329 g/mol. The first-order valence-electron chi connectivity index (χ1n) is 7.75. The Morgan fingerprint density at radius 2 is 2.04 bits per heavy atom. The molecule has 1 fully saturated rings. The number of piperidine rings is 1. The van der Waals surface area contributed by atoms with Crippen molar-refractivity contribution in [2.75, 3.05) is 6.54 Å². The van der Waals surface area contributed by atoms with E-state index < -0.39 is 0 Å². The lowest BCUT2D eigenvalue weighted by atomic mass is 9.98. The fraction of sp³-hybridized carbons (Fsp3) is 0.353. The molecule has 0 radical (unpaired) electrons. The van der Waals surface area contributed by atoms with E-state index in [-0.39, 0.29) is 24.3 Å². The molecule has 1 saturated heterocycles. The first-order chi connectivity index (χ1) is 11.1. The fourth-order valence-electron chi connectivity index (χ4n) is 2.94. The van der Waals surface area contributed by atoms with Crippen LogP contribution in [-0.2, 0) is 4.79 Å². The van der Waals surface area contributed by atoms with E-state index >= 15 is 0 Å². The number of nitrogens with two attached hydrogens (primary N) is 1. The topological polar surface area (TPSA) is 76.3 Å². The molecule has 2 aromatic rings. The van der Waals surface area contributed by atoms with Gasteiger partial charge in [0.1, 0.15) is 10.7 Å². The van der Waals surface area contributed by atoms with Crippen LogP contribution >= 0.6 is 11.3 Å². The van der Waals surface area contributed by atoms with Crippen molar-refractivity contribution in [3.05, 3.63) is 41.4 Å². The summed E-state index contributed by atoms with van der Waals surface area (Å²) in [5.41, 5.74) is 6.77. The minimum atomic E-state index is -0.363. The van der Waals surface area contributed by atoms with E-state index in [1.165, 1.54) is 11.3 Å². The van der Waals surface area contributed by atoms with Gasteiger partial charge in [-0.3, -0.25) is 9.59 Å². The maximum absolute atomic E-state index is 12.8. The number of hydrogen-bond acceptors (Lipinski definition) is 4. The molecule has 1 atom stereocenters. The summed E-state index contributed by atoms with van der Waals surface area (Å²) in [6, 6.07) is 9.70. The second-order valence-corrected chi connectivity index (χ2v) is 6.58. The third kappa shape index (κ3) is 3.59. The van der Waals surface area contributed by atoms with Crippen LogP contribution in [0.3, 0.4) is 0 Å². The maximum atomic E-state index is 12.8. The number of carbonyl (C=O) groups is 2. The summed E-state index contributed by atoms with van der Waals surface area (Å²) in [5.74, 6) is -0.465. The molecule has 0 bridgehead atoms. The number of nitrogens with zero attached hydrogens (tertiary/aromatic N) is 2. The molecule has 0 saturated carbocycles. The number of benzene rings is 1. The fourth-order valence-corrected chi connectivity index (χ4v) is 3.74. The van der Waals surface area contributed by atoms with Crippen molar-refractivity contribution in [1.29, 1.82) is 0 Å². The van der Waals surface area contributed by atoms with E-state index in [4.69, 9.17) is 5.73 Å². The zero-order valence-electron chi connectivity index (χ0n) is 12.8. The zero-order valence-corrected chi connectivity index (χ0v) is 13.6. The van der Waals surface area contributed by atoms with E-state index in [2.05, 4.69) is 4.98 Å². The quantitative estimate of drug-likeness (QED) is 0.937. The van der Waals surface area contributed by atoms with Crippen LogP contribution < -0.4 is 5.73 Å². The molecule has 5 nitrogen and oxygen atoms in total. The van der Waals surface area contributed by atoms with Crippen molar-refractivity contribution < 1.29 is 9.59 Å². The average Bonchev–Trinajstić information content (AvgIpc) is 3.05. The van der Waals surface area contributed by atoms with Crippen LogP contribution in [0.2, 0.25) is 0 Å². The summed E-state index contributed by atoms with van der Waals surface area (Å²) < 4.78 is 0. The lowest BCUT2D eigenvalue weighted by molar-refractivity contribution is -0.119. The molecular formula is C17H19N3O2S. The van der Waals surface area contributed by atoms with Crippen molar-refractivity contribution in [3.63, 3.8) is 0 Å². The van der Waals surface area contributed by atoms with Gasteiger partial charge in [0.15, 0.2) is 0 Å². The Hall–Kier alpha value is -2.21. The van der Waals surface area contributed by atoms with Crippen molar-refractivity contribution in [1.82, 2.24) is 9.88 Å². The molecule has 2 N–H and O–H groups in total. The second kappa shape index (κ2) is 6.91. The van der Waals surface area contributed by atoms with Crippen LogP contribution in [0.15, 0.2) is 35.7 Å². The predicted molar refractivity (Wildman–Crippen MR) is 90.0 cm³/mol. The second-order valence-electron chi connectivity index (χ2n) is 5.72. The smallest absolute Gasteiger partial charge is 0.273 e. The molecule has 1 aliphatic heterocycles. The molecular weight excluding hydrogens is 310 g/mol. The summed E-state index contributed by atoms with van der Waals surface area (Å²) in [4.78, 5) is 30.2. The molecule has 1 aromatic carbocycles. The van der Waals surface area contributed by atoms with E-state index in [1.807, 2.05) is 30.3 Å². The first-order valence-corrected chi connectivity index (χ1v) is 8.63. The maximum Gasteiger partial charge on any atom is 0.273 e. The van der Waals surface area contributed by atoms with Crippen molar-refractivity contribution in [2.45, 2.75) is 31.7 Å². The Labute approximate surface area is 139 Å². The first kappa shape index (κ1) is 15.7. The number of carbonyl (C=O) groups excluding carboxylic acids is 2. The van der Waals surface area contributed by atoms with Gasteiger partial charge in [-0.1, -0.05) is 30.3 Å². The normalized spacial score (nSPS) is 17.9. The lowest BCUT2D eigenvalue weighted by Gasteiger charge is -2.34. The molecule has 2 heterocycles.